The van der Waals surface area contributed by atoms with Crippen molar-refractivity contribution >= 4 is 46.7 Å². The van der Waals surface area contributed by atoms with Crippen molar-refractivity contribution in [3.63, 3.8) is 0 Å². The molecule has 12 heteroatoms. The highest BCUT2D eigenvalue weighted by molar-refractivity contribution is 6.33. The number of fused-ring (bicyclic) bond motifs is 1. The van der Waals surface area contributed by atoms with Crippen LogP contribution >= 0.6 is 11.6 Å². The highest BCUT2D eigenvalue weighted by atomic mass is 35.5. The van der Waals surface area contributed by atoms with E-state index in [2.05, 4.69) is 15.7 Å². The van der Waals surface area contributed by atoms with Gasteiger partial charge in [0.2, 0.25) is 5.91 Å². The highest BCUT2D eigenvalue weighted by Gasteiger charge is 2.55. The Balaban J connectivity index is 1.46. The molecule has 1 N–H and O–H groups in total. The van der Waals surface area contributed by atoms with Crippen molar-refractivity contribution < 1.29 is 28.7 Å². The summed E-state index contributed by atoms with van der Waals surface area (Å²) in [5.74, 6) is -1.76. The maximum Gasteiger partial charge on any atom is 0.338 e. The SMILES string of the molecule is CCOC(=O)c1cccc(NC(=O)CN2N=N[C@H]3C(=O)N(c4ccc(OC)c(Cl)c4)C(=O)[C@@H]32)c1. The second kappa shape index (κ2) is 9.48. The van der Waals surface area contributed by atoms with Crippen molar-refractivity contribution in [1.29, 1.82) is 0 Å². The molecule has 0 unspecified atom stereocenters. The number of carbonyl (C=O) groups excluding carboxylic acids is 4. The van der Waals surface area contributed by atoms with Gasteiger partial charge in [0.25, 0.3) is 11.8 Å². The number of ether oxygens (including phenoxy) is 2. The van der Waals surface area contributed by atoms with E-state index in [4.69, 9.17) is 21.1 Å². The fraction of sp³-hybridized carbons (Fsp3) is 0.273. The zero-order valence-electron chi connectivity index (χ0n) is 18.2. The number of hydrogen-bond donors (Lipinski definition) is 1. The number of methoxy groups -OCH3 is 1. The summed E-state index contributed by atoms with van der Waals surface area (Å²) in [5, 5.41) is 11.8. The number of amides is 3. The largest absolute Gasteiger partial charge is 0.495 e. The molecule has 34 heavy (non-hydrogen) atoms. The lowest BCUT2D eigenvalue weighted by Crippen LogP contribution is -2.43. The summed E-state index contributed by atoms with van der Waals surface area (Å²) in [6, 6.07) is 8.66. The van der Waals surface area contributed by atoms with Gasteiger partial charge in [0.1, 0.15) is 12.3 Å². The molecular weight excluding hydrogens is 466 g/mol. The van der Waals surface area contributed by atoms with Gasteiger partial charge in [0, 0.05) is 5.69 Å². The smallest absolute Gasteiger partial charge is 0.338 e. The average molecular weight is 486 g/mol. The minimum atomic E-state index is -1.06. The number of imide groups is 1. The molecule has 2 aromatic rings. The Labute approximate surface area is 199 Å². The van der Waals surface area contributed by atoms with Crippen LogP contribution in [0.5, 0.6) is 5.75 Å². The molecule has 1 saturated heterocycles. The quantitative estimate of drug-likeness (QED) is 0.471. The predicted octanol–water partition coefficient (Wildman–Crippen LogP) is 2.46. The number of carbonyl (C=O) groups is 4. The minimum absolute atomic E-state index is 0.227. The normalized spacial score (nSPS) is 18.8. The average Bonchev–Trinajstić information content (AvgIpc) is 3.33. The molecule has 0 bridgehead atoms. The number of nitrogens with one attached hydrogen (secondary N) is 1. The molecule has 0 aromatic heterocycles. The van der Waals surface area contributed by atoms with Crippen LogP contribution in [0.2, 0.25) is 5.02 Å². The Morgan fingerprint density at radius 3 is 2.65 bits per heavy atom. The van der Waals surface area contributed by atoms with Gasteiger partial charge in [0.15, 0.2) is 12.1 Å². The van der Waals surface area contributed by atoms with E-state index in [0.29, 0.717) is 11.4 Å². The number of hydrogen-bond acceptors (Lipinski definition) is 9. The number of anilines is 2. The second-order valence-corrected chi connectivity index (χ2v) is 7.78. The first-order valence-corrected chi connectivity index (χ1v) is 10.7. The minimum Gasteiger partial charge on any atom is -0.495 e. The van der Waals surface area contributed by atoms with Gasteiger partial charge in [-0.1, -0.05) is 22.9 Å². The number of esters is 1. The molecule has 2 aliphatic heterocycles. The summed E-state index contributed by atoms with van der Waals surface area (Å²) in [5.41, 5.74) is 0.920. The molecule has 1 fully saturated rings. The number of nitrogens with zero attached hydrogens (tertiary/aromatic N) is 4. The van der Waals surface area contributed by atoms with Crippen molar-refractivity contribution in [3.05, 3.63) is 53.1 Å². The topological polar surface area (TPSA) is 130 Å². The molecule has 4 rings (SSSR count). The van der Waals surface area contributed by atoms with Gasteiger partial charge in [-0.2, -0.15) is 5.11 Å². The lowest BCUT2D eigenvalue weighted by molar-refractivity contribution is -0.123. The lowest BCUT2D eigenvalue weighted by atomic mass is 10.1. The van der Waals surface area contributed by atoms with Crippen molar-refractivity contribution in [2.24, 2.45) is 10.3 Å². The summed E-state index contributed by atoms with van der Waals surface area (Å²) >= 11 is 6.14. The molecule has 176 valence electrons. The Morgan fingerprint density at radius 2 is 1.94 bits per heavy atom. The van der Waals surface area contributed by atoms with Gasteiger partial charge in [-0.3, -0.25) is 19.4 Å². The number of rotatable bonds is 7. The lowest BCUT2D eigenvalue weighted by Gasteiger charge is -2.20. The molecular formula is C22H20ClN5O6. The van der Waals surface area contributed by atoms with E-state index >= 15 is 0 Å². The van der Waals surface area contributed by atoms with E-state index < -0.39 is 35.8 Å². The monoisotopic (exact) mass is 485 g/mol. The first kappa shape index (κ1) is 23.2. The molecule has 0 aliphatic carbocycles. The molecule has 0 saturated carbocycles. The highest BCUT2D eigenvalue weighted by Crippen LogP contribution is 2.35. The Kier molecular flexibility index (Phi) is 6.46. The van der Waals surface area contributed by atoms with Crippen LogP contribution in [0.15, 0.2) is 52.8 Å². The van der Waals surface area contributed by atoms with Crippen LogP contribution < -0.4 is 15.0 Å². The first-order valence-electron chi connectivity index (χ1n) is 10.3. The van der Waals surface area contributed by atoms with E-state index in [1.54, 1.807) is 31.2 Å². The standard InChI is InChI=1S/C22H20ClN5O6/c1-3-34-22(32)12-5-4-6-13(9-12)24-17(29)11-27-19-18(25-26-27)20(30)28(21(19)31)14-7-8-16(33-2)15(23)10-14/h4-10,18-19H,3,11H2,1-2H3,(H,24,29)/t18-,19-/m1/s1. The second-order valence-electron chi connectivity index (χ2n) is 7.37. The van der Waals surface area contributed by atoms with Gasteiger partial charge in [-0.05, 0) is 43.3 Å². The molecule has 2 atom stereocenters. The Bertz CT molecular complexity index is 1200. The summed E-state index contributed by atoms with van der Waals surface area (Å²) in [4.78, 5) is 51.4. The fourth-order valence-electron chi connectivity index (χ4n) is 3.69. The number of halogens is 1. The zero-order chi connectivity index (χ0) is 24.4. The van der Waals surface area contributed by atoms with E-state index in [1.807, 2.05) is 0 Å². The fourth-order valence-corrected chi connectivity index (χ4v) is 3.94. The van der Waals surface area contributed by atoms with Gasteiger partial charge in [-0.25, -0.2) is 9.69 Å². The van der Waals surface area contributed by atoms with Gasteiger partial charge in [-0.15, -0.1) is 0 Å². The summed E-state index contributed by atoms with van der Waals surface area (Å²) in [6.45, 7) is 1.59. The molecule has 2 aromatic carbocycles. The van der Waals surface area contributed by atoms with Crippen LogP contribution in [0.4, 0.5) is 11.4 Å². The van der Waals surface area contributed by atoms with Crippen LogP contribution in [0.3, 0.4) is 0 Å². The van der Waals surface area contributed by atoms with Crippen LogP contribution in [-0.4, -0.2) is 61.0 Å². The molecule has 2 heterocycles. The maximum absolute atomic E-state index is 13.1. The van der Waals surface area contributed by atoms with Crippen molar-refractivity contribution in [2.75, 3.05) is 30.5 Å². The number of benzene rings is 2. The molecule has 0 radical (unpaired) electrons. The zero-order valence-corrected chi connectivity index (χ0v) is 19.0. The van der Waals surface area contributed by atoms with E-state index in [-0.39, 0.29) is 29.4 Å². The third-order valence-corrected chi connectivity index (χ3v) is 5.51. The van der Waals surface area contributed by atoms with Gasteiger partial charge < -0.3 is 14.8 Å². The maximum atomic E-state index is 13.1. The van der Waals surface area contributed by atoms with Gasteiger partial charge >= 0.3 is 5.97 Å². The third kappa shape index (κ3) is 4.29. The first-order chi connectivity index (χ1) is 16.3. The van der Waals surface area contributed by atoms with E-state index in [0.717, 1.165) is 4.90 Å². The molecule has 2 aliphatic rings. The van der Waals surface area contributed by atoms with Crippen LogP contribution in [-0.2, 0) is 19.1 Å². The Morgan fingerprint density at radius 1 is 1.15 bits per heavy atom. The summed E-state index contributed by atoms with van der Waals surface area (Å²) < 4.78 is 10.1. The van der Waals surface area contributed by atoms with E-state index in [1.165, 1.54) is 30.3 Å². The predicted molar refractivity (Wildman–Crippen MR) is 121 cm³/mol. The third-order valence-electron chi connectivity index (χ3n) is 5.21. The van der Waals surface area contributed by atoms with E-state index in [9.17, 15) is 19.2 Å². The molecule has 0 spiro atoms. The van der Waals surface area contributed by atoms with Crippen LogP contribution in [0.25, 0.3) is 0 Å². The molecule has 11 nitrogen and oxygen atoms in total. The molecule has 3 amide bonds. The van der Waals surface area contributed by atoms with Crippen molar-refractivity contribution in [2.45, 2.75) is 19.0 Å². The summed E-state index contributed by atoms with van der Waals surface area (Å²) in [7, 11) is 1.45. The van der Waals surface area contributed by atoms with Gasteiger partial charge in [0.05, 0.1) is 30.0 Å². The Hall–Kier alpha value is -3.99. The summed E-state index contributed by atoms with van der Waals surface area (Å²) in [6.07, 6.45) is 0. The van der Waals surface area contributed by atoms with Crippen LogP contribution in [0.1, 0.15) is 17.3 Å². The van der Waals surface area contributed by atoms with Crippen molar-refractivity contribution in [1.82, 2.24) is 5.01 Å². The van der Waals surface area contributed by atoms with Crippen molar-refractivity contribution in [3.8, 4) is 5.75 Å². The van der Waals surface area contributed by atoms with Crippen LogP contribution in [0, 0.1) is 0 Å².